The summed E-state index contributed by atoms with van der Waals surface area (Å²) >= 11 is 5.75. The van der Waals surface area contributed by atoms with Crippen molar-refractivity contribution >= 4 is 33.0 Å². The lowest BCUT2D eigenvalue weighted by molar-refractivity contribution is 0.598. The standard InChI is InChI=1S/C11H9ClFN3O2S/c12-8-5-7(1-2-10(8)14)19(17,18)16-11-3-4-15-6-9(11)13/h1-6H,14H2,(H,15,16). The van der Waals surface area contributed by atoms with Crippen LogP contribution in [0.25, 0.3) is 0 Å². The Balaban J connectivity index is 2.38. The second kappa shape index (κ2) is 5.02. The summed E-state index contributed by atoms with van der Waals surface area (Å²) in [6.45, 7) is 0. The van der Waals surface area contributed by atoms with E-state index in [1.807, 2.05) is 0 Å². The largest absolute Gasteiger partial charge is 0.398 e. The first-order valence-corrected chi connectivity index (χ1v) is 6.93. The van der Waals surface area contributed by atoms with Gasteiger partial charge < -0.3 is 5.73 Å². The molecule has 0 unspecified atom stereocenters. The highest BCUT2D eigenvalue weighted by molar-refractivity contribution is 7.92. The van der Waals surface area contributed by atoms with Crippen molar-refractivity contribution in [2.45, 2.75) is 4.90 Å². The molecule has 0 saturated heterocycles. The van der Waals surface area contributed by atoms with Crippen molar-refractivity contribution in [2.24, 2.45) is 0 Å². The van der Waals surface area contributed by atoms with E-state index in [0.29, 0.717) is 0 Å². The van der Waals surface area contributed by atoms with Gasteiger partial charge in [-0.2, -0.15) is 0 Å². The Morgan fingerprint density at radius 1 is 1.32 bits per heavy atom. The highest BCUT2D eigenvalue weighted by Crippen LogP contribution is 2.24. The third-order valence-corrected chi connectivity index (χ3v) is 3.99. The molecule has 0 atom stereocenters. The van der Waals surface area contributed by atoms with Crippen molar-refractivity contribution < 1.29 is 12.8 Å². The van der Waals surface area contributed by atoms with Gasteiger partial charge in [-0.3, -0.25) is 9.71 Å². The lowest BCUT2D eigenvalue weighted by Gasteiger charge is -2.09. The van der Waals surface area contributed by atoms with Crippen LogP contribution in [0.4, 0.5) is 15.8 Å². The van der Waals surface area contributed by atoms with Gasteiger partial charge in [-0.15, -0.1) is 0 Å². The van der Waals surface area contributed by atoms with E-state index in [4.69, 9.17) is 17.3 Å². The van der Waals surface area contributed by atoms with Crippen LogP contribution in [0.1, 0.15) is 0 Å². The smallest absolute Gasteiger partial charge is 0.262 e. The van der Waals surface area contributed by atoms with Crippen LogP contribution in [-0.2, 0) is 10.0 Å². The number of hydrogen-bond donors (Lipinski definition) is 2. The molecule has 2 aromatic rings. The zero-order valence-electron chi connectivity index (χ0n) is 9.47. The van der Waals surface area contributed by atoms with Crippen molar-refractivity contribution in [3.8, 4) is 0 Å². The Bertz CT molecular complexity index is 722. The lowest BCUT2D eigenvalue weighted by Crippen LogP contribution is -2.14. The van der Waals surface area contributed by atoms with E-state index in [1.54, 1.807) is 0 Å². The fraction of sp³-hybridized carbons (Fsp3) is 0. The zero-order chi connectivity index (χ0) is 14.0. The van der Waals surface area contributed by atoms with E-state index in [2.05, 4.69) is 9.71 Å². The average molecular weight is 302 g/mol. The van der Waals surface area contributed by atoms with E-state index in [-0.39, 0.29) is 21.3 Å². The summed E-state index contributed by atoms with van der Waals surface area (Å²) in [5.41, 5.74) is 5.56. The van der Waals surface area contributed by atoms with Crippen LogP contribution in [0, 0.1) is 5.82 Å². The van der Waals surface area contributed by atoms with Crippen LogP contribution in [0.5, 0.6) is 0 Å². The van der Waals surface area contributed by atoms with Gasteiger partial charge in [0.15, 0.2) is 5.82 Å². The fourth-order valence-corrected chi connectivity index (χ4v) is 2.68. The molecule has 0 aliphatic carbocycles. The number of pyridine rings is 1. The number of benzene rings is 1. The molecule has 0 saturated carbocycles. The first kappa shape index (κ1) is 13.6. The van der Waals surface area contributed by atoms with Crippen LogP contribution in [0.3, 0.4) is 0 Å². The molecule has 5 nitrogen and oxygen atoms in total. The highest BCUT2D eigenvalue weighted by atomic mass is 35.5. The molecule has 0 bridgehead atoms. The van der Waals surface area contributed by atoms with Gasteiger partial charge in [-0.1, -0.05) is 11.6 Å². The quantitative estimate of drug-likeness (QED) is 0.852. The fourth-order valence-electron chi connectivity index (χ4n) is 1.34. The number of nitrogens with two attached hydrogens (primary N) is 1. The van der Waals surface area contributed by atoms with E-state index in [1.165, 1.54) is 30.5 Å². The number of rotatable bonds is 3. The van der Waals surface area contributed by atoms with Gasteiger partial charge in [0.2, 0.25) is 0 Å². The molecular weight excluding hydrogens is 293 g/mol. The molecule has 3 N–H and O–H groups in total. The van der Waals surface area contributed by atoms with E-state index in [9.17, 15) is 12.8 Å². The van der Waals surface area contributed by atoms with Gasteiger partial charge in [0.25, 0.3) is 10.0 Å². The van der Waals surface area contributed by atoms with Crippen LogP contribution < -0.4 is 10.5 Å². The number of nitrogen functional groups attached to an aromatic ring is 1. The van der Waals surface area contributed by atoms with Crippen LogP contribution in [0.15, 0.2) is 41.6 Å². The maximum absolute atomic E-state index is 13.3. The maximum Gasteiger partial charge on any atom is 0.262 e. The predicted molar refractivity (Wildman–Crippen MR) is 70.9 cm³/mol. The average Bonchev–Trinajstić information content (AvgIpc) is 2.35. The van der Waals surface area contributed by atoms with Gasteiger partial charge in [0.1, 0.15) is 0 Å². The van der Waals surface area contributed by atoms with Crippen molar-refractivity contribution in [3.63, 3.8) is 0 Å². The van der Waals surface area contributed by atoms with Crippen LogP contribution in [-0.4, -0.2) is 13.4 Å². The Morgan fingerprint density at radius 3 is 2.68 bits per heavy atom. The molecule has 1 heterocycles. The zero-order valence-corrected chi connectivity index (χ0v) is 11.0. The number of nitrogens with zero attached hydrogens (tertiary/aromatic N) is 1. The molecule has 1 aromatic carbocycles. The molecule has 2 rings (SSSR count). The second-order valence-corrected chi connectivity index (χ2v) is 5.73. The first-order valence-electron chi connectivity index (χ1n) is 5.07. The Hall–Kier alpha value is -1.86. The summed E-state index contributed by atoms with van der Waals surface area (Å²) in [5.74, 6) is -0.771. The molecular formula is C11H9ClFN3O2S. The maximum atomic E-state index is 13.3. The van der Waals surface area contributed by atoms with Gasteiger partial charge in [-0.25, -0.2) is 12.8 Å². The third kappa shape index (κ3) is 2.94. The minimum absolute atomic E-state index is 0.108. The molecule has 1 aromatic heterocycles. The number of halogens is 2. The van der Waals surface area contributed by atoms with Crippen molar-refractivity contribution in [1.29, 1.82) is 0 Å². The number of sulfonamides is 1. The van der Waals surface area contributed by atoms with Crippen LogP contribution >= 0.6 is 11.6 Å². The van der Waals surface area contributed by atoms with Crippen molar-refractivity contribution in [3.05, 3.63) is 47.5 Å². The molecule has 0 aliphatic rings. The monoisotopic (exact) mass is 301 g/mol. The topological polar surface area (TPSA) is 85.1 Å². The molecule has 0 aliphatic heterocycles. The van der Waals surface area contributed by atoms with Gasteiger partial charge in [-0.05, 0) is 24.3 Å². The van der Waals surface area contributed by atoms with Gasteiger partial charge in [0, 0.05) is 6.20 Å². The summed E-state index contributed by atoms with van der Waals surface area (Å²) in [4.78, 5) is 3.42. The van der Waals surface area contributed by atoms with Crippen molar-refractivity contribution in [1.82, 2.24) is 4.98 Å². The molecule has 0 fully saturated rings. The molecule has 19 heavy (non-hydrogen) atoms. The van der Waals surface area contributed by atoms with Gasteiger partial charge in [0.05, 0.1) is 27.5 Å². The second-order valence-electron chi connectivity index (χ2n) is 3.64. The predicted octanol–water partition coefficient (Wildman–Crippen LogP) is 2.26. The summed E-state index contributed by atoms with van der Waals surface area (Å²) < 4.78 is 39.5. The van der Waals surface area contributed by atoms with Crippen molar-refractivity contribution in [2.75, 3.05) is 10.5 Å². The Kier molecular flexibility index (Phi) is 3.59. The molecule has 8 heteroatoms. The summed E-state index contributed by atoms with van der Waals surface area (Å²) in [6, 6.07) is 5.05. The van der Waals surface area contributed by atoms with Crippen LogP contribution in [0.2, 0.25) is 5.02 Å². The summed E-state index contributed by atoms with van der Waals surface area (Å²) in [6.07, 6.45) is 2.19. The third-order valence-electron chi connectivity index (χ3n) is 2.30. The number of nitrogens with one attached hydrogen (secondary N) is 1. The summed E-state index contributed by atoms with van der Waals surface area (Å²) in [7, 11) is -3.93. The number of anilines is 2. The normalized spacial score (nSPS) is 11.3. The number of aromatic nitrogens is 1. The molecule has 0 amide bonds. The van der Waals surface area contributed by atoms with E-state index < -0.39 is 15.8 Å². The highest BCUT2D eigenvalue weighted by Gasteiger charge is 2.17. The Labute approximate surface area is 114 Å². The minimum Gasteiger partial charge on any atom is -0.398 e. The molecule has 0 radical (unpaired) electrons. The molecule has 100 valence electrons. The SMILES string of the molecule is Nc1ccc(S(=O)(=O)Nc2ccncc2F)cc1Cl. The van der Waals surface area contributed by atoms with E-state index >= 15 is 0 Å². The Morgan fingerprint density at radius 2 is 2.05 bits per heavy atom. The van der Waals surface area contributed by atoms with Gasteiger partial charge >= 0.3 is 0 Å². The van der Waals surface area contributed by atoms with E-state index in [0.717, 1.165) is 6.20 Å². The lowest BCUT2D eigenvalue weighted by atomic mass is 10.3. The minimum atomic E-state index is -3.93. The molecule has 0 spiro atoms. The summed E-state index contributed by atoms with van der Waals surface area (Å²) in [5, 5.41) is 0.109. The first-order chi connectivity index (χ1) is 8.90. The number of hydrogen-bond acceptors (Lipinski definition) is 4.